The molecule has 4 atom stereocenters. The summed E-state index contributed by atoms with van der Waals surface area (Å²) in [4.78, 5) is 54.4. The summed E-state index contributed by atoms with van der Waals surface area (Å²) in [5.74, 6) is -1.85. The third kappa shape index (κ3) is 4.84. The molecule has 198 valence electrons. The fourth-order valence-corrected chi connectivity index (χ4v) is 5.41. The Morgan fingerprint density at radius 1 is 1.18 bits per heavy atom. The van der Waals surface area contributed by atoms with Crippen molar-refractivity contribution in [2.45, 2.75) is 50.2 Å². The number of hydrogen-bond donors (Lipinski definition) is 2. The number of para-hydroxylation sites is 1. The van der Waals surface area contributed by atoms with Crippen LogP contribution in [0.25, 0.3) is 0 Å². The van der Waals surface area contributed by atoms with E-state index in [4.69, 9.17) is 0 Å². The lowest BCUT2D eigenvalue weighted by Crippen LogP contribution is -2.57. The van der Waals surface area contributed by atoms with Crippen LogP contribution in [-0.2, 0) is 26.2 Å². The molecule has 2 aliphatic heterocycles. The Morgan fingerprint density at radius 3 is 2.47 bits per heavy atom. The van der Waals surface area contributed by atoms with E-state index in [0.29, 0.717) is 5.69 Å². The first-order chi connectivity index (χ1) is 18.1. The first kappa shape index (κ1) is 26.8. The topological polar surface area (TPSA) is 123 Å². The van der Waals surface area contributed by atoms with Gasteiger partial charge < -0.3 is 20.4 Å². The van der Waals surface area contributed by atoms with Crippen LogP contribution in [0.5, 0.6) is 0 Å². The maximum atomic E-state index is 14.1. The number of likely N-dealkylation sites (N-methyl/N-ethyl adjacent to an activating group) is 1. The van der Waals surface area contributed by atoms with Crippen LogP contribution in [-0.4, -0.2) is 65.4 Å². The van der Waals surface area contributed by atoms with Gasteiger partial charge in [0.1, 0.15) is 18.1 Å². The molecule has 1 saturated heterocycles. The number of anilines is 1. The van der Waals surface area contributed by atoms with Crippen LogP contribution in [0.2, 0.25) is 0 Å². The molecule has 0 saturated carbocycles. The minimum absolute atomic E-state index is 0.0188. The molecule has 2 N–H and O–H groups in total. The summed E-state index contributed by atoms with van der Waals surface area (Å²) in [5.41, 5.74) is 1.08. The quantitative estimate of drug-likeness (QED) is 0.430. The lowest BCUT2D eigenvalue weighted by Gasteiger charge is -2.35. The van der Waals surface area contributed by atoms with E-state index in [1.807, 2.05) is 47.8 Å². The fraction of sp³-hybridized carbons (Fsp3) is 0.393. The fourth-order valence-electron chi connectivity index (χ4n) is 5.41. The number of halogens is 1. The van der Waals surface area contributed by atoms with Gasteiger partial charge in [0.15, 0.2) is 0 Å². The molecule has 2 aromatic rings. The van der Waals surface area contributed by atoms with Crippen LogP contribution in [0.4, 0.5) is 14.9 Å². The minimum Gasteiger partial charge on any atom is -0.332 e. The highest BCUT2D eigenvalue weighted by Crippen LogP contribution is 2.46. The molecule has 0 aromatic heterocycles. The van der Waals surface area contributed by atoms with Crippen LogP contribution < -0.4 is 10.6 Å². The van der Waals surface area contributed by atoms with Gasteiger partial charge in [-0.25, -0.2) is 4.79 Å². The molecular weight excluding hydrogens is 489 g/mol. The van der Waals surface area contributed by atoms with Crippen LogP contribution in [0.15, 0.2) is 54.6 Å². The molecule has 0 radical (unpaired) electrons. The first-order valence-corrected chi connectivity index (χ1v) is 12.5. The number of carbonyl (C=O) groups is 4. The van der Waals surface area contributed by atoms with Crippen LogP contribution in [0.3, 0.4) is 0 Å². The Morgan fingerprint density at radius 2 is 1.84 bits per heavy atom. The SMILES string of the molecule is CC(C)[C@@H](NC(=O)F)C(=O)N(C)[C@@H](Cc1ccccc1)C(=O)N1C[C@]2(C[C@H]1C#N)C(=O)Nc1ccccc12. The number of amides is 4. The number of benzene rings is 2. The molecule has 1 spiro atoms. The van der Waals surface area contributed by atoms with Crippen molar-refractivity contribution in [1.29, 1.82) is 5.26 Å². The van der Waals surface area contributed by atoms with E-state index in [1.165, 1.54) is 16.8 Å². The van der Waals surface area contributed by atoms with Crippen molar-refractivity contribution in [3.05, 3.63) is 65.7 Å². The number of rotatable bonds is 7. The van der Waals surface area contributed by atoms with Gasteiger partial charge in [0.05, 0.1) is 11.5 Å². The Bertz CT molecular complexity index is 1290. The van der Waals surface area contributed by atoms with Crippen molar-refractivity contribution in [1.82, 2.24) is 15.1 Å². The standard InChI is InChI=1S/C28H30FN5O4/c1-17(2)23(32-27(29)38)25(36)33(3)22(13-18-9-5-4-6-10-18)24(35)34-16-28(14-19(34)15-30)20-11-7-8-12-21(20)31-26(28)37/h4-12,17,19,22-23H,13-14,16H2,1-3H3,(H,31,37)(H,32,38)/t19-,22-,23+,28-/m0/s1. The summed E-state index contributed by atoms with van der Waals surface area (Å²) in [6.07, 6.45) is -1.59. The number of nitrogens with one attached hydrogen (secondary N) is 2. The Kier molecular flexibility index (Phi) is 7.49. The van der Waals surface area contributed by atoms with Gasteiger partial charge in [-0.3, -0.25) is 14.4 Å². The molecular formula is C28H30FN5O4. The smallest absolute Gasteiger partial charge is 0.332 e. The second-order valence-corrected chi connectivity index (χ2v) is 10.2. The maximum Gasteiger partial charge on any atom is 0.398 e. The second kappa shape index (κ2) is 10.6. The van der Waals surface area contributed by atoms with E-state index < -0.39 is 47.4 Å². The van der Waals surface area contributed by atoms with Crippen LogP contribution >= 0.6 is 0 Å². The van der Waals surface area contributed by atoms with Crippen LogP contribution in [0.1, 0.15) is 31.4 Å². The van der Waals surface area contributed by atoms with Gasteiger partial charge in [-0.1, -0.05) is 62.4 Å². The zero-order chi connectivity index (χ0) is 27.6. The zero-order valence-electron chi connectivity index (χ0n) is 21.5. The highest BCUT2D eigenvalue weighted by molar-refractivity contribution is 6.07. The van der Waals surface area contributed by atoms with Crippen molar-refractivity contribution < 1.29 is 23.6 Å². The Hall–Kier alpha value is -4.26. The average molecular weight is 520 g/mol. The summed E-state index contributed by atoms with van der Waals surface area (Å²) in [6, 6.07) is 15.3. The van der Waals surface area contributed by atoms with Crippen molar-refractivity contribution in [3.63, 3.8) is 0 Å². The monoisotopic (exact) mass is 519 g/mol. The number of fused-ring (bicyclic) bond motifs is 2. The van der Waals surface area contributed by atoms with Crippen molar-refractivity contribution in [3.8, 4) is 6.07 Å². The van der Waals surface area contributed by atoms with Gasteiger partial charge in [0.25, 0.3) is 0 Å². The third-order valence-electron chi connectivity index (χ3n) is 7.49. The van der Waals surface area contributed by atoms with Gasteiger partial charge in [0, 0.05) is 32.1 Å². The normalized spacial score (nSPS) is 21.4. The van der Waals surface area contributed by atoms with Gasteiger partial charge in [-0.2, -0.15) is 5.26 Å². The number of nitrogens with zero attached hydrogens (tertiary/aromatic N) is 3. The van der Waals surface area contributed by atoms with Gasteiger partial charge >= 0.3 is 6.16 Å². The summed E-state index contributed by atoms with van der Waals surface area (Å²) >= 11 is 0. The maximum absolute atomic E-state index is 14.1. The molecule has 38 heavy (non-hydrogen) atoms. The van der Waals surface area contributed by atoms with Gasteiger partial charge in [-0.15, -0.1) is 4.39 Å². The van der Waals surface area contributed by atoms with Crippen molar-refractivity contribution in [2.24, 2.45) is 5.92 Å². The zero-order valence-corrected chi connectivity index (χ0v) is 21.5. The third-order valence-corrected chi connectivity index (χ3v) is 7.49. The Balaban J connectivity index is 1.69. The lowest BCUT2D eigenvalue weighted by molar-refractivity contribution is -0.146. The predicted molar refractivity (Wildman–Crippen MR) is 137 cm³/mol. The molecule has 0 unspecified atom stereocenters. The molecule has 1 fully saturated rings. The molecule has 2 aromatic carbocycles. The molecule has 2 heterocycles. The number of likely N-dealkylation sites (tertiary alicyclic amines) is 1. The molecule has 10 heteroatoms. The molecule has 0 bridgehead atoms. The average Bonchev–Trinajstić information content (AvgIpc) is 3.43. The van der Waals surface area contributed by atoms with Crippen LogP contribution in [0, 0.1) is 17.2 Å². The number of carbonyl (C=O) groups excluding carboxylic acids is 4. The van der Waals surface area contributed by atoms with E-state index in [9.17, 15) is 28.8 Å². The van der Waals surface area contributed by atoms with Gasteiger partial charge in [0.2, 0.25) is 17.7 Å². The highest BCUT2D eigenvalue weighted by atomic mass is 19.1. The first-order valence-electron chi connectivity index (χ1n) is 12.5. The minimum atomic E-state index is -1.84. The predicted octanol–water partition coefficient (Wildman–Crippen LogP) is 2.77. The van der Waals surface area contributed by atoms with Gasteiger partial charge in [-0.05, 0) is 23.1 Å². The second-order valence-electron chi connectivity index (χ2n) is 10.2. The van der Waals surface area contributed by atoms with E-state index in [0.717, 1.165) is 11.1 Å². The lowest BCUT2D eigenvalue weighted by atomic mass is 9.80. The summed E-state index contributed by atoms with van der Waals surface area (Å²) in [6.45, 7) is 3.30. The molecule has 2 aliphatic rings. The van der Waals surface area contributed by atoms with E-state index >= 15 is 0 Å². The highest BCUT2D eigenvalue weighted by Gasteiger charge is 2.56. The number of nitriles is 1. The molecule has 9 nitrogen and oxygen atoms in total. The number of hydrogen-bond acceptors (Lipinski definition) is 5. The summed E-state index contributed by atoms with van der Waals surface area (Å²) in [7, 11) is 1.43. The van der Waals surface area contributed by atoms with Crippen molar-refractivity contribution in [2.75, 3.05) is 18.9 Å². The summed E-state index contributed by atoms with van der Waals surface area (Å²) < 4.78 is 13.2. The van der Waals surface area contributed by atoms with E-state index in [2.05, 4.69) is 11.4 Å². The Labute approximate surface area is 220 Å². The molecule has 4 amide bonds. The van der Waals surface area contributed by atoms with Crippen molar-refractivity contribution >= 4 is 29.6 Å². The summed E-state index contributed by atoms with van der Waals surface area (Å²) in [5, 5.41) is 14.9. The van der Waals surface area contributed by atoms with E-state index in [1.54, 1.807) is 26.0 Å². The molecule has 4 rings (SSSR count). The largest absolute Gasteiger partial charge is 0.398 e. The molecule has 0 aliphatic carbocycles. The van der Waals surface area contributed by atoms with E-state index in [-0.39, 0.29) is 25.3 Å².